The zero-order valence-corrected chi connectivity index (χ0v) is 16.4. The molecule has 28 heavy (non-hydrogen) atoms. The molecule has 0 aliphatic heterocycles. The summed E-state index contributed by atoms with van der Waals surface area (Å²) >= 11 is 1.20. The second kappa shape index (κ2) is 8.46. The lowest BCUT2D eigenvalue weighted by molar-refractivity contribution is 0.131. The van der Waals surface area contributed by atoms with Crippen molar-refractivity contribution < 1.29 is 17.7 Å². The van der Waals surface area contributed by atoms with Gasteiger partial charge in [0.05, 0.1) is 17.7 Å². The van der Waals surface area contributed by atoms with Gasteiger partial charge < -0.3 is 10.6 Å². The van der Waals surface area contributed by atoms with Crippen molar-refractivity contribution in [2.75, 3.05) is 16.9 Å². The number of amides is 2. The molecule has 0 atom stereocenters. The fraction of sp³-hybridized carbons (Fsp3) is 0.111. The first-order valence-electron chi connectivity index (χ1n) is 8.13. The van der Waals surface area contributed by atoms with E-state index in [0.717, 1.165) is 16.7 Å². The fourth-order valence-corrected chi connectivity index (χ4v) is 3.61. The van der Waals surface area contributed by atoms with Crippen LogP contribution >= 0.6 is 11.3 Å². The second-order valence-corrected chi connectivity index (χ2v) is 8.83. The summed E-state index contributed by atoms with van der Waals surface area (Å²) in [6.07, 6.45) is 2.35. The third-order valence-electron chi connectivity index (χ3n) is 3.63. The minimum atomic E-state index is -3.91. The van der Waals surface area contributed by atoms with Crippen molar-refractivity contribution in [3.8, 4) is 10.4 Å². The number of hydrogen-bond acceptors (Lipinski definition) is 5. The van der Waals surface area contributed by atoms with E-state index in [-0.39, 0.29) is 10.6 Å². The highest BCUT2D eigenvalue weighted by Crippen LogP contribution is 2.28. The number of urea groups is 1. The molecule has 2 N–H and O–H groups in total. The van der Waals surface area contributed by atoms with Gasteiger partial charge in [-0.2, -0.15) is 0 Å². The van der Waals surface area contributed by atoms with Gasteiger partial charge in [0.15, 0.2) is 0 Å². The number of nitrogens with zero attached hydrogens (tertiary/aromatic N) is 2. The predicted octanol–water partition coefficient (Wildman–Crippen LogP) is 4.10. The second-order valence-electron chi connectivity index (χ2n) is 5.85. The molecule has 0 fully saturated rings. The normalized spacial score (nSPS) is 11.4. The van der Waals surface area contributed by atoms with E-state index in [9.17, 15) is 17.7 Å². The van der Waals surface area contributed by atoms with Gasteiger partial charge >= 0.3 is 6.03 Å². The number of carbonyl (C=O) groups excluding carboxylic acids is 1. The van der Waals surface area contributed by atoms with Crippen LogP contribution in [-0.2, 0) is 16.6 Å². The molecule has 0 saturated carbocycles. The Labute approximate surface area is 165 Å². The summed E-state index contributed by atoms with van der Waals surface area (Å²) in [6, 6.07) is 15.8. The molecule has 146 valence electrons. The maximum absolute atomic E-state index is 13.5. The Bertz CT molecular complexity index is 1050. The number of halogens is 1. The summed E-state index contributed by atoms with van der Waals surface area (Å²) in [5, 5.41) is 5.80. The standard InChI is InChI=1S/C18H17FN4O3S2/c1-28(25,26)23(19)12-17-20-11-16(27-17)13-7-9-15(10-8-13)22-18(24)21-14-5-3-2-4-6-14/h2-11H,12H2,1H3,(H2,21,22,24). The van der Waals surface area contributed by atoms with Gasteiger partial charge in [0.1, 0.15) is 5.01 Å². The number of sulfonamides is 1. The Kier molecular flexibility index (Phi) is 6.02. The summed E-state index contributed by atoms with van der Waals surface area (Å²) in [5.41, 5.74) is 2.11. The molecule has 0 aliphatic rings. The molecule has 2 aromatic carbocycles. The van der Waals surface area contributed by atoms with E-state index < -0.39 is 16.6 Å². The Morgan fingerprint density at radius 1 is 1.07 bits per heavy atom. The SMILES string of the molecule is CS(=O)(=O)N(F)Cc1ncc(-c2ccc(NC(=O)Nc3ccccc3)cc2)s1. The predicted molar refractivity (Wildman–Crippen MR) is 108 cm³/mol. The Balaban J connectivity index is 1.62. The van der Waals surface area contributed by atoms with Crippen molar-refractivity contribution in [2.24, 2.45) is 0 Å². The summed E-state index contributed by atoms with van der Waals surface area (Å²) in [6.45, 7) is -0.428. The minimum Gasteiger partial charge on any atom is -0.308 e. The fourth-order valence-electron chi connectivity index (χ4n) is 2.27. The number of carbonyl (C=O) groups is 1. The van der Waals surface area contributed by atoms with Crippen molar-refractivity contribution in [1.29, 1.82) is 0 Å². The third kappa shape index (κ3) is 5.35. The molecular weight excluding hydrogens is 403 g/mol. The number of thiazole rings is 1. The van der Waals surface area contributed by atoms with Crippen molar-refractivity contribution in [3.63, 3.8) is 0 Å². The molecule has 0 spiro atoms. The van der Waals surface area contributed by atoms with Crippen molar-refractivity contribution in [1.82, 2.24) is 9.51 Å². The lowest BCUT2D eigenvalue weighted by Gasteiger charge is -2.08. The van der Waals surface area contributed by atoms with Crippen LogP contribution < -0.4 is 10.6 Å². The Morgan fingerprint density at radius 2 is 1.68 bits per heavy atom. The maximum Gasteiger partial charge on any atom is 0.323 e. The molecule has 1 aromatic heterocycles. The minimum absolute atomic E-state index is 0.242. The lowest BCUT2D eigenvalue weighted by atomic mass is 10.2. The summed E-state index contributed by atoms with van der Waals surface area (Å²) in [4.78, 5) is 16.8. The number of hydrogen-bond donors (Lipinski definition) is 2. The highest BCUT2D eigenvalue weighted by molar-refractivity contribution is 7.88. The monoisotopic (exact) mass is 420 g/mol. The van der Waals surface area contributed by atoms with Crippen LogP contribution in [0.15, 0.2) is 60.8 Å². The molecule has 3 rings (SSSR count). The number of nitrogens with one attached hydrogen (secondary N) is 2. The molecule has 1 heterocycles. The van der Waals surface area contributed by atoms with Crippen molar-refractivity contribution in [2.45, 2.75) is 6.54 Å². The molecule has 3 aromatic rings. The Morgan fingerprint density at radius 3 is 2.29 bits per heavy atom. The van der Waals surface area contributed by atoms with Gasteiger partial charge in [-0.05, 0) is 34.4 Å². The van der Waals surface area contributed by atoms with Crippen LogP contribution in [0, 0.1) is 0 Å². The van der Waals surface area contributed by atoms with Gasteiger partial charge in [-0.25, -0.2) is 18.2 Å². The number of aromatic nitrogens is 1. The van der Waals surface area contributed by atoms with Gasteiger partial charge in [0, 0.05) is 17.6 Å². The zero-order chi connectivity index (χ0) is 20.1. The maximum atomic E-state index is 13.5. The van der Waals surface area contributed by atoms with Gasteiger partial charge in [-0.1, -0.05) is 30.3 Å². The smallest absolute Gasteiger partial charge is 0.308 e. The van der Waals surface area contributed by atoms with Gasteiger partial charge in [-0.3, -0.25) is 0 Å². The van der Waals surface area contributed by atoms with E-state index in [4.69, 9.17) is 0 Å². The van der Waals surface area contributed by atoms with E-state index in [0.29, 0.717) is 16.4 Å². The topological polar surface area (TPSA) is 91.4 Å². The molecular formula is C18H17FN4O3S2. The van der Waals surface area contributed by atoms with E-state index in [1.54, 1.807) is 42.6 Å². The first kappa shape index (κ1) is 19.9. The van der Waals surface area contributed by atoms with E-state index in [1.807, 2.05) is 18.2 Å². The summed E-state index contributed by atoms with van der Waals surface area (Å²) in [5.74, 6) is 0. The molecule has 0 bridgehead atoms. The van der Waals surface area contributed by atoms with Crippen LogP contribution in [0.4, 0.5) is 20.7 Å². The quantitative estimate of drug-likeness (QED) is 0.588. The van der Waals surface area contributed by atoms with E-state index in [2.05, 4.69) is 15.6 Å². The molecule has 0 unspecified atom stereocenters. The average Bonchev–Trinajstić information content (AvgIpc) is 3.11. The molecule has 0 aliphatic carbocycles. The van der Waals surface area contributed by atoms with Crippen LogP contribution in [0.25, 0.3) is 10.4 Å². The van der Waals surface area contributed by atoms with Gasteiger partial charge in [0.2, 0.25) is 10.0 Å². The van der Waals surface area contributed by atoms with Gasteiger partial charge in [0.25, 0.3) is 0 Å². The first-order chi connectivity index (χ1) is 13.3. The number of benzene rings is 2. The largest absolute Gasteiger partial charge is 0.323 e. The molecule has 0 saturated heterocycles. The van der Waals surface area contributed by atoms with Gasteiger partial charge in [-0.15, -0.1) is 15.8 Å². The molecule has 0 radical (unpaired) electrons. The number of para-hydroxylation sites is 1. The van der Waals surface area contributed by atoms with E-state index >= 15 is 0 Å². The average molecular weight is 420 g/mol. The van der Waals surface area contributed by atoms with Crippen LogP contribution in [-0.4, -0.2) is 30.2 Å². The van der Waals surface area contributed by atoms with Crippen LogP contribution in [0.1, 0.15) is 5.01 Å². The Hall–Kier alpha value is -2.82. The summed E-state index contributed by atoms with van der Waals surface area (Å²) in [7, 11) is -3.91. The molecule has 7 nitrogen and oxygen atoms in total. The van der Waals surface area contributed by atoms with Crippen molar-refractivity contribution in [3.05, 3.63) is 65.8 Å². The first-order valence-corrected chi connectivity index (χ1v) is 10.8. The lowest BCUT2D eigenvalue weighted by Crippen LogP contribution is -2.20. The zero-order valence-electron chi connectivity index (χ0n) is 14.8. The molecule has 2 amide bonds. The highest BCUT2D eigenvalue weighted by Gasteiger charge is 2.18. The summed E-state index contributed by atoms with van der Waals surface area (Å²) < 4.78 is 35.5. The van der Waals surface area contributed by atoms with E-state index in [1.165, 1.54) is 11.3 Å². The van der Waals surface area contributed by atoms with Crippen molar-refractivity contribution >= 4 is 38.8 Å². The molecule has 10 heteroatoms. The van der Waals surface area contributed by atoms with Crippen LogP contribution in [0.3, 0.4) is 0 Å². The van der Waals surface area contributed by atoms with Crippen LogP contribution in [0.5, 0.6) is 0 Å². The number of anilines is 2. The van der Waals surface area contributed by atoms with Crippen LogP contribution in [0.2, 0.25) is 0 Å². The number of rotatable bonds is 6. The third-order valence-corrected chi connectivity index (χ3v) is 5.51. The highest BCUT2D eigenvalue weighted by atomic mass is 32.2.